The van der Waals surface area contributed by atoms with Crippen LogP contribution in [0, 0.1) is 0 Å². The number of carbonyl (C=O) groups is 1. The first-order valence-electron chi connectivity index (χ1n) is 5.85. The van der Waals surface area contributed by atoms with Crippen LogP contribution in [0.4, 0.5) is 0 Å². The molecule has 1 rings (SSSR count). The molecule has 4 nitrogen and oxygen atoms in total. The Balaban J connectivity index is 2.71. The summed E-state index contributed by atoms with van der Waals surface area (Å²) in [4.78, 5) is 11.9. The number of rotatable bonds is 6. The number of carbonyl (C=O) groups excluding carboxylic acids is 1. The molecule has 1 atom stereocenters. The lowest BCUT2D eigenvalue weighted by molar-refractivity contribution is 0.0914. The zero-order valence-corrected chi connectivity index (χ0v) is 10.3. The predicted octanol–water partition coefficient (Wildman–Crippen LogP) is 1.59. The fourth-order valence-corrected chi connectivity index (χ4v) is 1.44. The molecule has 0 radical (unpaired) electrons. The predicted molar refractivity (Wildman–Crippen MR) is 66.2 cm³/mol. The van der Waals surface area contributed by atoms with E-state index in [1.165, 1.54) is 0 Å². The Labute approximate surface area is 102 Å². The first-order chi connectivity index (χ1) is 8.21. The zero-order chi connectivity index (χ0) is 12.7. The van der Waals surface area contributed by atoms with Crippen molar-refractivity contribution in [3.05, 3.63) is 29.8 Å². The molecule has 94 valence electrons. The summed E-state index contributed by atoms with van der Waals surface area (Å²) in [7, 11) is 0. The van der Waals surface area contributed by atoms with Crippen molar-refractivity contribution in [3.63, 3.8) is 0 Å². The second-order valence-electron chi connectivity index (χ2n) is 3.72. The quantitative estimate of drug-likeness (QED) is 0.790. The molecule has 0 aromatic heterocycles. The van der Waals surface area contributed by atoms with Gasteiger partial charge in [-0.2, -0.15) is 0 Å². The van der Waals surface area contributed by atoms with Gasteiger partial charge in [0.25, 0.3) is 5.91 Å². The van der Waals surface area contributed by atoms with Crippen molar-refractivity contribution < 1.29 is 14.6 Å². The highest BCUT2D eigenvalue weighted by molar-refractivity contribution is 5.94. The molecule has 0 heterocycles. The van der Waals surface area contributed by atoms with Crippen LogP contribution in [0.25, 0.3) is 0 Å². The van der Waals surface area contributed by atoms with Gasteiger partial charge in [0.15, 0.2) is 0 Å². The van der Waals surface area contributed by atoms with E-state index < -0.39 is 0 Å². The van der Waals surface area contributed by atoms with E-state index in [0.29, 0.717) is 24.3 Å². The third kappa shape index (κ3) is 4.07. The number of benzene rings is 1. The van der Waals surface area contributed by atoms with Gasteiger partial charge in [0, 0.05) is 5.56 Å². The van der Waals surface area contributed by atoms with Crippen molar-refractivity contribution in [2.45, 2.75) is 26.3 Å². The van der Waals surface area contributed by atoms with Crippen molar-refractivity contribution in [2.75, 3.05) is 13.2 Å². The average molecular weight is 237 g/mol. The summed E-state index contributed by atoms with van der Waals surface area (Å²) < 4.78 is 5.32. The standard InChI is InChI=1S/C13H19NO3/c1-3-11(9-15)14-13(16)10-6-5-7-12(8-10)17-4-2/h5-8,11,15H,3-4,9H2,1-2H3,(H,14,16). The molecule has 0 fully saturated rings. The largest absolute Gasteiger partial charge is 0.494 e. The molecule has 2 N–H and O–H groups in total. The number of ether oxygens (including phenoxy) is 1. The van der Waals surface area contributed by atoms with Crippen LogP contribution in [0.5, 0.6) is 5.75 Å². The number of hydrogen-bond donors (Lipinski definition) is 2. The maximum Gasteiger partial charge on any atom is 0.251 e. The second-order valence-corrected chi connectivity index (χ2v) is 3.72. The van der Waals surface area contributed by atoms with Crippen molar-refractivity contribution >= 4 is 5.91 Å². The molecule has 1 amide bonds. The van der Waals surface area contributed by atoms with Crippen molar-refractivity contribution in [3.8, 4) is 5.75 Å². The monoisotopic (exact) mass is 237 g/mol. The summed E-state index contributed by atoms with van der Waals surface area (Å²) in [5.41, 5.74) is 0.544. The highest BCUT2D eigenvalue weighted by Gasteiger charge is 2.11. The number of hydrogen-bond acceptors (Lipinski definition) is 3. The maximum absolute atomic E-state index is 11.9. The molecule has 4 heteroatoms. The third-order valence-corrected chi connectivity index (χ3v) is 2.46. The first kappa shape index (κ1) is 13.5. The van der Waals surface area contributed by atoms with Gasteiger partial charge in [-0.1, -0.05) is 13.0 Å². The third-order valence-electron chi connectivity index (χ3n) is 2.46. The van der Waals surface area contributed by atoms with Crippen LogP contribution in [-0.4, -0.2) is 30.3 Å². The topological polar surface area (TPSA) is 58.6 Å². The lowest BCUT2D eigenvalue weighted by atomic mass is 10.1. The molecule has 0 saturated carbocycles. The van der Waals surface area contributed by atoms with Crippen molar-refractivity contribution in [2.24, 2.45) is 0 Å². The van der Waals surface area contributed by atoms with Gasteiger partial charge in [-0.3, -0.25) is 4.79 Å². The number of nitrogens with one attached hydrogen (secondary N) is 1. The minimum atomic E-state index is -0.196. The van der Waals surface area contributed by atoms with Crippen LogP contribution in [0.1, 0.15) is 30.6 Å². The first-order valence-corrected chi connectivity index (χ1v) is 5.85. The van der Waals surface area contributed by atoms with Crippen LogP contribution >= 0.6 is 0 Å². The number of amides is 1. The van der Waals surface area contributed by atoms with Crippen molar-refractivity contribution in [1.29, 1.82) is 0 Å². The van der Waals surface area contributed by atoms with Gasteiger partial charge in [-0.25, -0.2) is 0 Å². The fraction of sp³-hybridized carbons (Fsp3) is 0.462. The summed E-state index contributed by atoms with van der Waals surface area (Å²) in [5.74, 6) is 0.490. The SMILES string of the molecule is CCOc1cccc(C(=O)NC(CC)CO)c1. The average Bonchev–Trinajstić information content (AvgIpc) is 2.36. The molecular weight excluding hydrogens is 218 g/mol. The molecule has 1 unspecified atom stereocenters. The lowest BCUT2D eigenvalue weighted by Crippen LogP contribution is -2.36. The van der Waals surface area contributed by atoms with E-state index in [1.54, 1.807) is 18.2 Å². The molecule has 17 heavy (non-hydrogen) atoms. The Bertz CT molecular complexity index is 361. The van der Waals surface area contributed by atoms with Crippen LogP contribution < -0.4 is 10.1 Å². The van der Waals surface area contributed by atoms with E-state index >= 15 is 0 Å². The van der Waals surface area contributed by atoms with E-state index in [2.05, 4.69) is 5.32 Å². The minimum Gasteiger partial charge on any atom is -0.494 e. The Morgan fingerprint density at radius 1 is 1.47 bits per heavy atom. The highest BCUT2D eigenvalue weighted by Crippen LogP contribution is 2.13. The van der Waals surface area contributed by atoms with Crippen LogP contribution in [0.3, 0.4) is 0 Å². The Morgan fingerprint density at radius 2 is 2.24 bits per heavy atom. The highest BCUT2D eigenvalue weighted by atomic mass is 16.5. The minimum absolute atomic E-state index is 0.0482. The molecule has 0 aliphatic heterocycles. The van der Waals surface area contributed by atoms with Crippen LogP contribution in [0.2, 0.25) is 0 Å². The van der Waals surface area contributed by atoms with Crippen LogP contribution in [-0.2, 0) is 0 Å². The maximum atomic E-state index is 11.9. The molecule has 0 aliphatic rings. The van der Waals surface area contributed by atoms with Gasteiger partial charge in [0.2, 0.25) is 0 Å². The Morgan fingerprint density at radius 3 is 2.82 bits per heavy atom. The fourth-order valence-electron chi connectivity index (χ4n) is 1.44. The molecular formula is C13H19NO3. The van der Waals surface area contributed by atoms with E-state index in [9.17, 15) is 4.79 Å². The van der Waals surface area contributed by atoms with Crippen LogP contribution in [0.15, 0.2) is 24.3 Å². The lowest BCUT2D eigenvalue weighted by Gasteiger charge is -2.14. The Kier molecular flexibility index (Phi) is 5.49. The summed E-state index contributed by atoms with van der Waals surface area (Å²) in [5, 5.41) is 11.8. The summed E-state index contributed by atoms with van der Waals surface area (Å²) in [6.07, 6.45) is 0.702. The van der Waals surface area contributed by atoms with Gasteiger partial charge in [-0.05, 0) is 31.5 Å². The second kappa shape index (κ2) is 6.91. The van der Waals surface area contributed by atoms with Gasteiger partial charge < -0.3 is 15.2 Å². The van der Waals surface area contributed by atoms with Gasteiger partial charge in [-0.15, -0.1) is 0 Å². The zero-order valence-electron chi connectivity index (χ0n) is 10.3. The molecule has 1 aromatic carbocycles. The molecule has 0 bridgehead atoms. The Hall–Kier alpha value is -1.55. The van der Waals surface area contributed by atoms with Gasteiger partial charge in [0.1, 0.15) is 5.75 Å². The van der Waals surface area contributed by atoms with Gasteiger partial charge >= 0.3 is 0 Å². The number of aliphatic hydroxyl groups excluding tert-OH is 1. The summed E-state index contributed by atoms with van der Waals surface area (Å²) in [6, 6.07) is 6.81. The van der Waals surface area contributed by atoms with E-state index in [4.69, 9.17) is 9.84 Å². The van der Waals surface area contributed by atoms with E-state index in [0.717, 1.165) is 0 Å². The normalized spacial score (nSPS) is 11.9. The molecule has 1 aromatic rings. The molecule has 0 aliphatic carbocycles. The number of aliphatic hydroxyl groups is 1. The van der Waals surface area contributed by atoms with E-state index in [-0.39, 0.29) is 18.6 Å². The summed E-state index contributed by atoms with van der Waals surface area (Å²) in [6.45, 7) is 4.33. The summed E-state index contributed by atoms with van der Waals surface area (Å²) >= 11 is 0. The molecule has 0 spiro atoms. The molecule has 0 saturated heterocycles. The van der Waals surface area contributed by atoms with E-state index in [1.807, 2.05) is 19.9 Å². The van der Waals surface area contributed by atoms with Gasteiger partial charge in [0.05, 0.1) is 19.3 Å². The van der Waals surface area contributed by atoms with Crippen molar-refractivity contribution in [1.82, 2.24) is 5.32 Å². The smallest absolute Gasteiger partial charge is 0.251 e.